The minimum Gasteiger partial charge on any atom is -0.464 e. The van der Waals surface area contributed by atoms with Crippen molar-refractivity contribution in [2.45, 2.75) is 25.4 Å². The first-order valence-electron chi connectivity index (χ1n) is 6.23. The summed E-state index contributed by atoms with van der Waals surface area (Å²) < 4.78 is 45.2. The first-order chi connectivity index (χ1) is 10.1. The maximum Gasteiger partial charge on any atom is 0.399 e. The van der Waals surface area contributed by atoms with E-state index >= 15 is 0 Å². The number of carbonyl (C=O) groups is 1. The standard InChI is InChI=1S/C13H14F3N3O2S/c1-12(2,13(14,15)16)8-6-22-10(18-8)7-5-17-19(3)9(7)11(20)21-4/h5-6H,1-4H3. The molecule has 0 saturated carbocycles. The van der Waals surface area contributed by atoms with Crippen molar-refractivity contribution < 1.29 is 22.7 Å². The number of nitrogens with zero attached hydrogens (tertiary/aromatic N) is 3. The van der Waals surface area contributed by atoms with Crippen LogP contribution in [0.25, 0.3) is 10.6 Å². The molecule has 2 aromatic rings. The van der Waals surface area contributed by atoms with Crippen LogP contribution in [-0.4, -0.2) is 34.0 Å². The second kappa shape index (κ2) is 5.38. The van der Waals surface area contributed by atoms with Gasteiger partial charge in [0.1, 0.15) is 10.4 Å². The van der Waals surface area contributed by atoms with Crippen molar-refractivity contribution in [3.8, 4) is 10.6 Å². The third-order valence-corrected chi connectivity index (χ3v) is 4.28. The van der Waals surface area contributed by atoms with E-state index in [2.05, 4.69) is 14.8 Å². The molecule has 120 valence electrons. The predicted molar refractivity (Wildman–Crippen MR) is 74.7 cm³/mol. The molecule has 2 heterocycles. The summed E-state index contributed by atoms with van der Waals surface area (Å²) in [6.45, 7) is 2.13. The van der Waals surface area contributed by atoms with Gasteiger partial charge in [0.25, 0.3) is 0 Å². The Kier molecular flexibility index (Phi) is 4.03. The molecule has 2 aromatic heterocycles. The molecule has 0 atom stereocenters. The number of hydrogen-bond donors (Lipinski definition) is 0. The van der Waals surface area contributed by atoms with E-state index in [0.717, 1.165) is 25.2 Å². The fraction of sp³-hybridized carbons (Fsp3) is 0.462. The van der Waals surface area contributed by atoms with Gasteiger partial charge in [0.15, 0.2) is 5.69 Å². The monoisotopic (exact) mass is 333 g/mol. The molecule has 0 saturated heterocycles. The summed E-state index contributed by atoms with van der Waals surface area (Å²) in [6.07, 6.45) is -3.03. The average molecular weight is 333 g/mol. The molecule has 0 unspecified atom stereocenters. The van der Waals surface area contributed by atoms with Crippen molar-refractivity contribution in [3.05, 3.63) is 23.0 Å². The minimum absolute atomic E-state index is 0.0975. The number of halogens is 3. The Labute approximate surface area is 128 Å². The Morgan fingerprint density at radius 3 is 2.55 bits per heavy atom. The molecule has 0 aliphatic carbocycles. The molecule has 22 heavy (non-hydrogen) atoms. The zero-order valence-corrected chi connectivity index (χ0v) is 13.2. The molecule has 0 N–H and O–H groups in total. The molecule has 5 nitrogen and oxygen atoms in total. The van der Waals surface area contributed by atoms with Gasteiger partial charge in [-0.1, -0.05) is 0 Å². The summed E-state index contributed by atoms with van der Waals surface area (Å²) in [6, 6.07) is 0. The highest BCUT2D eigenvalue weighted by atomic mass is 32.1. The number of hydrogen-bond acceptors (Lipinski definition) is 5. The van der Waals surface area contributed by atoms with Crippen LogP contribution in [0.2, 0.25) is 0 Å². The normalized spacial score (nSPS) is 12.5. The van der Waals surface area contributed by atoms with E-state index < -0.39 is 17.6 Å². The van der Waals surface area contributed by atoms with Crippen molar-refractivity contribution in [2.24, 2.45) is 7.05 Å². The summed E-state index contributed by atoms with van der Waals surface area (Å²) in [5.74, 6) is -0.623. The third kappa shape index (κ3) is 2.60. The molecule has 0 spiro atoms. The van der Waals surface area contributed by atoms with Crippen molar-refractivity contribution in [1.82, 2.24) is 14.8 Å². The molecule has 9 heteroatoms. The van der Waals surface area contributed by atoms with E-state index in [-0.39, 0.29) is 11.4 Å². The molecule has 0 aliphatic heterocycles. The quantitative estimate of drug-likeness (QED) is 0.810. The average Bonchev–Trinajstić information content (AvgIpc) is 3.03. The van der Waals surface area contributed by atoms with Gasteiger partial charge < -0.3 is 4.74 Å². The van der Waals surface area contributed by atoms with Gasteiger partial charge in [-0.15, -0.1) is 11.3 Å². The van der Waals surface area contributed by atoms with Crippen LogP contribution in [-0.2, 0) is 17.2 Å². The molecule has 0 aromatic carbocycles. The van der Waals surface area contributed by atoms with Crippen LogP contribution in [0.4, 0.5) is 13.2 Å². The predicted octanol–water partition coefficient (Wildman–Crippen LogP) is 3.17. The van der Waals surface area contributed by atoms with Crippen LogP contribution < -0.4 is 0 Å². The second-order valence-electron chi connectivity index (χ2n) is 5.18. The van der Waals surface area contributed by atoms with Gasteiger partial charge >= 0.3 is 12.1 Å². The summed E-state index contributed by atoms with van der Waals surface area (Å²) in [5.41, 5.74) is -1.67. The van der Waals surface area contributed by atoms with Crippen molar-refractivity contribution in [3.63, 3.8) is 0 Å². The van der Waals surface area contributed by atoms with E-state index in [4.69, 9.17) is 0 Å². The Bertz CT molecular complexity index is 704. The molecular weight excluding hydrogens is 319 g/mol. The number of ether oxygens (including phenoxy) is 1. The number of thiazole rings is 1. The molecule has 2 rings (SSSR count). The van der Waals surface area contributed by atoms with Crippen molar-refractivity contribution >= 4 is 17.3 Å². The van der Waals surface area contributed by atoms with Crippen LogP contribution in [0.15, 0.2) is 11.6 Å². The zero-order valence-electron chi connectivity index (χ0n) is 12.4. The summed E-state index contributed by atoms with van der Waals surface area (Å²) >= 11 is 1.03. The lowest BCUT2D eigenvalue weighted by Crippen LogP contribution is -2.36. The topological polar surface area (TPSA) is 57.0 Å². The summed E-state index contributed by atoms with van der Waals surface area (Å²) in [7, 11) is 2.77. The van der Waals surface area contributed by atoms with E-state index in [1.54, 1.807) is 7.05 Å². The number of alkyl halides is 3. The van der Waals surface area contributed by atoms with Crippen LogP contribution >= 0.6 is 11.3 Å². The number of aromatic nitrogens is 3. The third-order valence-electron chi connectivity index (χ3n) is 3.40. The Hall–Kier alpha value is -1.90. The van der Waals surface area contributed by atoms with E-state index in [1.807, 2.05) is 0 Å². The van der Waals surface area contributed by atoms with Crippen molar-refractivity contribution in [1.29, 1.82) is 0 Å². The van der Waals surface area contributed by atoms with Crippen LogP contribution in [0.5, 0.6) is 0 Å². The first-order valence-corrected chi connectivity index (χ1v) is 7.11. The Morgan fingerprint density at radius 1 is 1.36 bits per heavy atom. The Balaban J connectivity index is 2.48. The second-order valence-corrected chi connectivity index (χ2v) is 6.04. The SMILES string of the molecule is COC(=O)c1c(-c2nc(C(C)(C)C(F)(F)F)cs2)cnn1C. The van der Waals surface area contributed by atoms with Gasteiger partial charge in [-0.25, -0.2) is 9.78 Å². The van der Waals surface area contributed by atoms with Crippen LogP contribution in [0.1, 0.15) is 30.0 Å². The van der Waals surface area contributed by atoms with Crippen LogP contribution in [0, 0.1) is 0 Å². The molecule has 0 radical (unpaired) electrons. The number of esters is 1. The van der Waals surface area contributed by atoms with Gasteiger partial charge in [0.2, 0.25) is 0 Å². The fourth-order valence-corrected chi connectivity index (χ4v) is 2.76. The fourth-order valence-electron chi connectivity index (χ4n) is 1.76. The summed E-state index contributed by atoms with van der Waals surface area (Å²) in [4.78, 5) is 15.8. The highest BCUT2D eigenvalue weighted by Crippen LogP contribution is 2.41. The Morgan fingerprint density at radius 2 is 2.00 bits per heavy atom. The molecule has 0 fully saturated rings. The van der Waals surface area contributed by atoms with E-state index in [0.29, 0.717) is 10.6 Å². The van der Waals surface area contributed by atoms with E-state index in [1.165, 1.54) is 23.4 Å². The number of aryl methyl sites for hydroxylation is 1. The first kappa shape index (κ1) is 16.5. The minimum atomic E-state index is -4.42. The lowest BCUT2D eigenvalue weighted by molar-refractivity contribution is -0.181. The van der Waals surface area contributed by atoms with Gasteiger partial charge in [-0.05, 0) is 13.8 Å². The van der Waals surface area contributed by atoms with Crippen LogP contribution in [0.3, 0.4) is 0 Å². The number of carbonyl (C=O) groups excluding carboxylic acids is 1. The van der Waals surface area contributed by atoms with Gasteiger partial charge in [-0.2, -0.15) is 18.3 Å². The van der Waals surface area contributed by atoms with E-state index in [9.17, 15) is 18.0 Å². The highest BCUT2D eigenvalue weighted by Gasteiger charge is 2.50. The molecule has 0 aliphatic rings. The summed E-state index contributed by atoms with van der Waals surface area (Å²) in [5, 5.41) is 5.58. The highest BCUT2D eigenvalue weighted by molar-refractivity contribution is 7.13. The maximum atomic E-state index is 13.1. The zero-order chi connectivity index (χ0) is 16.7. The number of methoxy groups -OCH3 is 1. The maximum absolute atomic E-state index is 13.1. The van der Waals surface area contributed by atoms with Gasteiger partial charge in [0, 0.05) is 12.4 Å². The molecule has 0 amide bonds. The van der Waals surface area contributed by atoms with Gasteiger partial charge in [0.05, 0.1) is 24.6 Å². The van der Waals surface area contributed by atoms with Gasteiger partial charge in [-0.3, -0.25) is 4.68 Å². The lowest BCUT2D eigenvalue weighted by atomic mass is 9.89. The van der Waals surface area contributed by atoms with Crippen molar-refractivity contribution in [2.75, 3.05) is 7.11 Å². The number of rotatable bonds is 3. The molecule has 0 bridgehead atoms. The smallest absolute Gasteiger partial charge is 0.399 e. The lowest BCUT2D eigenvalue weighted by Gasteiger charge is -2.25. The molecular formula is C13H14F3N3O2S. The largest absolute Gasteiger partial charge is 0.464 e.